The van der Waals surface area contributed by atoms with Crippen LogP contribution in [0.1, 0.15) is 64.3 Å². The summed E-state index contributed by atoms with van der Waals surface area (Å²) in [5.74, 6) is -2.53. The molecule has 0 aliphatic carbocycles. The van der Waals surface area contributed by atoms with Crippen molar-refractivity contribution in [1.29, 1.82) is 0 Å². The summed E-state index contributed by atoms with van der Waals surface area (Å²) in [4.78, 5) is 63.2. The molecule has 0 aliphatic heterocycles. The van der Waals surface area contributed by atoms with Gasteiger partial charge in [0, 0.05) is 12.6 Å². The predicted octanol–water partition coefficient (Wildman–Crippen LogP) is 4.83. The van der Waals surface area contributed by atoms with Gasteiger partial charge in [0.15, 0.2) is 0 Å². The van der Waals surface area contributed by atoms with Gasteiger partial charge in [-0.3, -0.25) is 14.4 Å². The van der Waals surface area contributed by atoms with E-state index in [1.807, 2.05) is 86.6 Å². The van der Waals surface area contributed by atoms with Crippen LogP contribution >= 0.6 is 0 Å². The van der Waals surface area contributed by atoms with Crippen LogP contribution in [0, 0.1) is 5.92 Å². The number of H-pyrrole nitrogens is 1. The second kappa shape index (κ2) is 17.7. The zero-order valence-corrected chi connectivity index (χ0v) is 29.9. The number of hydrogen-bond acceptors (Lipinski definition) is 9. The standard InChI is InChI=1S/C39H49N5O7/c1-6-25(2)35(33(45)21-34(46)50-23-26-13-8-7-9-14-26)43-36(47)32(20-29-22-41-24-42-29)44(38(49)51-39(3,4)5)37(48)31(40)19-28-17-12-16-27-15-10-11-18-30(27)28/h7-18,22,24-25,31-33,35,45H,6,19-21,23,40H2,1-5H3,(H,41,42)(H,43,47)/t25?,31-,32+,33-,35-/m0/s1. The van der Waals surface area contributed by atoms with Crippen molar-refractivity contribution < 1.29 is 33.8 Å². The zero-order chi connectivity index (χ0) is 37.1. The number of carbonyl (C=O) groups is 4. The molecule has 1 aromatic heterocycles. The maximum atomic E-state index is 14.4. The van der Waals surface area contributed by atoms with Gasteiger partial charge in [0.05, 0.1) is 36.6 Å². The molecular formula is C39H49N5O7. The molecule has 1 unspecified atom stereocenters. The van der Waals surface area contributed by atoms with Crippen LogP contribution < -0.4 is 11.1 Å². The number of hydrogen-bond donors (Lipinski definition) is 4. The Morgan fingerprint density at radius 1 is 0.980 bits per heavy atom. The molecule has 272 valence electrons. The van der Waals surface area contributed by atoms with E-state index >= 15 is 0 Å². The van der Waals surface area contributed by atoms with Crippen molar-refractivity contribution in [3.63, 3.8) is 0 Å². The van der Waals surface area contributed by atoms with E-state index in [0.717, 1.165) is 26.8 Å². The number of aromatic nitrogens is 2. The molecule has 0 saturated carbocycles. The summed E-state index contributed by atoms with van der Waals surface area (Å²) in [5, 5.41) is 16.0. The molecule has 4 aromatic rings. The molecule has 5 atom stereocenters. The number of esters is 1. The van der Waals surface area contributed by atoms with Crippen LogP contribution in [0.3, 0.4) is 0 Å². The highest BCUT2D eigenvalue weighted by Gasteiger charge is 2.42. The first-order valence-corrected chi connectivity index (χ1v) is 17.2. The zero-order valence-electron chi connectivity index (χ0n) is 29.9. The van der Waals surface area contributed by atoms with Gasteiger partial charge in [0.25, 0.3) is 0 Å². The second-order valence-corrected chi connectivity index (χ2v) is 13.8. The van der Waals surface area contributed by atoms with Gasteiger partial charge in [-0.2, -0.15) is 0 Å². The van der Waals surface area contributed by atoms with Crippen LogP contribution in [-0.4, -0.2) is 73.7 Å². The minimum Gasteiger partial charge on any atom is -0.461 e. The predicted molar refractivity (Wildman–Crippen MR) is 193 cm³/mol. The number of nitrogens with zero attached hydrogens (tertiary/aromatic N) is 2. The van der Waals surface area contributed by atoms with Crippen molar-refractivity contribution in [2.45, 2.75) is 96.7 Å². The fourth-order valence-corrected chi connectivity index (χ4v) is 5.78. The van der Waals surface area contributed by atoms with E-state index in [-0.39, 0.29) is 25.4 Å². The maximum absolute atomic E-state index is 14.4. The summed E-state index contributed by atoms with van der Waals surface area (Å²) < 4.78 is 11.1. The number of amides is 3. The number of aromatic amines is 1. The number of imidazole rings is 1. The normalized spacial score (nSPS) is 14.5. The third-order valence-corrected chi connectivity index (χ3v) is 8.64. The monoisotopic (exact) mass is 699 g/mol. The van der Waals surface area contributed by atoms with Crippen LogP contribution in [0.25, 0.3) is 10.8 Å². The van der Waals surface area contributed by atoms with Crippen LogP contribution in [0.5, 0.6) is 0 Å². The number of fused-ring (bicyclic) bond motifs is 1. The van der Waals surface area contributed by atoms with Crippen molar-refractivity contribution in [2.24, 2.45) is 11.7 Å². The highest BCUT2D eigenvalue weighted by Crippen LogP contribution is 2.23. The van der Waals surface area contributed by atoms with Crippen molar-refractivity contribution in [3.8, 4) is 0 Å². The Balaban J connectivity index is 1.63. The average Bonchev–Trinajstić information content (AvgIpc) is 3.62. The lowest BCUT2D eigenvalue weighted by Crippen LogP contribution is -2.61. The molecule has 3 amide bonds. The van der Waals surface area contributed by atoms with Crippen LogP contribution in [0.4, 0.5) is 4.79 Å². The van der Waals surface area contributed by atoms with Gasteiger partial charge in [0.2, 0.25) is 11.8 Å². The van der Waals surface area contributed by atoms with Gasteiger partial charge < -0.3 is 30.6 Å². The van der Waals surface area contributed by atoms with E-state index in [0.29, 0.717) is 12.1 Å². The Bertz CT molecular complexity index is 1750. The summed E-state index contributed by atoms with van der Waals surface area (Å²) in [6.07, 6.45) is 0.631. The third-order valence-electron chi connectivity index (χ3n) is 8.64. The second-order valence-electron chi connectivity index (χ2n) is 13.8. The van der Waals surface area contributed by atoms with Gasteiger partial charge in [-0.25, -0.2) is 14.7 Å². The molecule has 12 heteroatoms. The summed E-state index contributed by atoms with van der Waals surface area (Å²) in [7, 11) is 0. The van der Waals surface area contributed by atoms with E-state index < -0.39 is 60.1 Å². The van der Waals surface area contributed by atoms with Crippen LogP contribution in [0.15, 0.2) is 85.3 Å². The van der Waals surface area contributed by atoms with Gasteiger partial charge in [-0.15, -0.1) is 0 Å². The van der Waals surface area contributed by atoms with E-state index in [4.69, 9.17) is 15.2 Å². The van der Waals surface area contributed by atoms with Gasteiger partial charge in [-0.1, -0.05) is 93.1 Å². The number of carbonyl (C=O) groups excluding carboxylic acids is 4. The summed E-state index contributed by atoms with van der Waals surface area (Å²) in [5.41, 5.74) is 7.52. The molecule has 0 saturated heterocycles. The van der Waals surface area contributed by atoms with E-state index in [1.165, 1.54) is 6.33 Å². The highest BCUT2D eigenvalue weighted by atomic mass is 16.6. The highest BCUT2D eigenvalue weighted by molar-refractivity contribution is 6.00. The average molecular weight is 700 g/mol. The van der Waals surface area contributed by atoms with E-state index in [1.54, 1.807) is 27.0 Å². The molecule has 0 bridgehead atoms. The van der Waals surface area contributed by atoms with Gasteiger partial charge in [0.1, 0.15) is 18.2 Å². The number of aliphatic hydroxyl groups excluding tert-OH is 1. The molecule has 5 N–H and O–H groups in total. The minimum absolute atomic E-state index is 0.0322. The molecule has 0 spiro atoms. The number of rotatable bonds is 15. The number of benzene rings is 3. The molecule has 3 aromatic carbocycles. The Morgan fingerprint density at radius 2 is 1.67 bits per heavy atom. The number of nitrogens with two attached hydrogens (primary N) is 1. The van der Waals surface area contributed by atoms with Crippen LogP contribution in [0.2, 0.25) is 0 Å². The fraction of sp³-hybridized carbons (Fsp3) is 0.410. The summed E-state index contributed by atoms with van der Waals surface area (Å²) in [6.45, 7) is 8.69. The lowest BCUT2D eigenvalue weighted by Gasteiger charge is -2.35. The van der Waals surface area contributed by atoms with Crippen molar-refractivity contribution in [2.75, 3.05) is 0 Å². The van der Waals surface area contributed by atoms with Gasteiger partial charge >= 0.3 is 12.1 Å². The molecule has 0 fully saturated rings. The fourth-order valence-electron chi connectivity index (χ4n) is 5.78. The first-order chi connectivity index (χ1) is 24.3. The largest absolute Gasteiger partial charge is 0.461 e. The first kappa shape index (κ1) is 38.7. The van der Waals surface area contributed by atoms with E-state index in [2.05, 4.69) is 15.3 Å². The number of imide groups is 1. The van der Waals surface area contributed by atoms with Crippen molar-refractivity contribution in [3.05, 3.63) is 102 Å². The third kappa shape index (κ3) is 11.0. The van der Waals surface area contributed by atoms with Gasteiger partial charge in [-0.05, 0) is 55.0 Å². The molecule has 1 heterocycles. The topological polar surface area (TPSA) is 177 Å². The Hall–Kier alpha value is -5.07. The molecular weight excluding hydrogens is 650 g/mol. The number of ether oxygens (including phenoxy) is 2. The maximum Gasteiger partial charge on any atom is 0.417 e. The number of aliphatic hydroxyl groups is 1. The summed E-state index contributed by atoms with van der Waals surface area (Å²) in [6, 6.07) is 18.9. The molecule has 4 rings (SSSR count). The lowest BCUT2D eigenvalue weighted by molar-refractivity contribution is -0.148. The summed E-state index contributed by atoms with van der Waals surface area (Å²) >= 11 is 0. The SMILES string of the molecule is CCC(C)[C@H](NC(=O)[C@@H](Cc1c[nH]cn1)N(C(=O)OC(C)(C)C)C(=O)[C@@H](N)Cc1cccc2ccccc12)[C@@H](O)CC(=O)OCc1ccccc1. The molecule has 12 nitrogen and oxygen atoms in total. The van der Waals surface area contributed by atoms with E-state index in [9.17, 15) is 24.3 Å². The minimum atomic E-state index is -1.47. The Kier molecular flexibility index (Phi) is 13.5. The van der Waals surface area contributed by atoms with Crippen molar-refractivity contribution >= 4 is 34.6 Å². The first-order valence-electron chi connectivity index (χ1n) is 17.2. The Labute approximate surface area is 298 Å². The van der Waals surface area contributed by atoms with Crippen LogP contribution in [-0.2, 0) is 43.3 Å². The number of nitrogens with one attached hydrogen (secondary N) is 2. The Morgan fingerprint density at radius 3 is 2.33 bits per heavy atom. The molecule has 0 radical (unpaired) electrons. The van der Waals surface area contributed by atoms with Crippen molar-refractivity contribution in [1.82, 2.24) is 20.2 Å². The lowest BCUT2D eigenvalue weighted by atomic mass is 9.92. The molecule has 0 aliphatic rings. The quantitative estimate of drug-likeness (QED) is 0.127. The smallest absolute Gasteiger partial charge is 0.417 e. The molecule has 51 heavy (non-hydrogen) atoms.